The first kappa shape index (κ1) is 14.9. The molecule has 1 unspecified atom stereocenters. The molecule has 0 radical (unpaired) electrons. The molecule has 1 atom stereocenters. The predicted octanol–water partition coefficient (Wildman–Crippen LogP) is 3.83. The second-order valence-electron chi connectivity index (χ2n) is 5.58. The molecule has 1 amide bonds. The Morgan fingerprint density at radius 2 is 2.14 bits per heavy atom. The number of rotatable bonds is 4. The highest BCUT2D eigenvalue weighted by atomic mass is 35.5. The van der Waals surface area contributed by atoms with Gasteiger partial charge in [-0.1, -0.05) is 41.9 Å². The van der Waals surface area contributed by atoms with E-state index in [4.69, 9.17) is 16.3 Å². The Labute approximate surface area is 135 Å². The van der Waals surface area contributed by atoms with Crippen LogP contribution in [0.25, 0.3) is 0 Å². The highest BCUT2D eigenvalue weighted by Gasteiger charge is 2.23. The van der Waals surface area contributed by atoms with E-state index < -0.39 is 0 Å². The summed E-state index contributed by atoms with van der Waals surface area (Å²) in [6, 6.07) is 13.8. The molecule has 1 aliphatic carbocycles. The zero-order valence-electron chi connectivity index (χ0n) is 12.4. The van der Waals surface area contributed by atoms with Gasteiger partial charge in [-0.05, 0) is 48.6 Å². The fourth-order valence-corrected chi connectivity index (χ4v) is 2.98. The van der Waals surface area contributed by atoms with E-state index in [1.165, 1.54) is 11.1 Å². The Balaban J connectivity index is 1.59. The van der Waals surface area contributed by atoms with Crippen LogP contribution in [-0.4, -0.2) is 12.5 Å². The zero-order chi connectivity index (χ0) is 15.5. The molecule has 2 aromatic carbocycles. The molecule has 1 aliphatic rings. The number of nitrogens with one attached hydrogen (secondary N) is 1. The van der Waals surface area contributed by atoms with Gasteiger partial charge in [-0.25, -0.2) is 0 Å². The van der Waals surface area contributed by atoms with Gasteiger partial charge in [0.2, 0.25) is 0 Å². The summed E-state index contributed by atoms with van der Waals surface area (Å²) in [6.07, 6.45) is 1.95. The van der Waals surface area contributed by atoms with Gasteiger partial charge in [0.1, 0.15) is 5.75 Å². The lowest BCUT2D eigenvalue weighted by Crippen LogP contribution is -2.31. The van der Waals surface area contributed by atoms with Crippen LogP contribution in [0.1, 0.15) is 29.2 Å². The molecule has 22 heavy (non-hydrogen) atoms. The topological polar surface area (TPSA) is 38.3 Å². The lowest BCUT2D eigenvalue weighted by atomic mass is 10.1. The average molecular weight is 316 g/mol. The Morgan fingerprint density at radius 3 is 3.00 bits per heavy atom. The zero-order valence-corrected chi connectivity index (χ0v) is 13.2. The number of fused-ring (bicyclic) bond motifs is 1. The summed E-state index contributed by atoms with van der Waals surface area (Å²) < 4.78 is 5.53. The SMILES string of the molecule is Cc1ccc(Cl)c(OCC(=O)NC2CCc3ccccc32)c1. The molecule has 0 aliphatic heterocycles. The van der Waals surface area contributed by atoms with Crippen LogP contribution in [0.15, 0.2) is 42.5 Å². The van der Waals surface area contributed by atoms with Crippen LogP contribution in [0.4, 0.5) is 0 Å². The third-order valence-electron chi connectivity index (χ3n) is 3.91. The van der Waals surface area contributed by atoms with E-state index in [0.717, 1.165) is 18.4 Å². The lowest BCUT2D eigenvalue weighted by Gasteiger charge is -2.15. The molecule has 2 aromatic rings. The van der Waals surface area contributed by atoms with Gasteiger partial charge in [0.25, 0.3) is 5.91 Å². The number of aryl methyl sites for hydroxylation is 2. The molecule has 0 bridgehead atoms. The number of ether oxygens (including phenoxy) is 1. The highest BCUT2D eigenvalue weighted by Crippen LogP contribution is 2.30. The van der Waals surface area contributed by atoms with E-state index in [-0.39, 0.29) is 18.6 Å². The Kier molecular flexibility index (Phi) is 4.34. The first-order chi connectivity index (χ1) is 10.6. The van der Waals surface area contributed by atoms with Crippen molar-refractivity contribution in [3.63, 3.8) is 0 Å². The van der Waals surface area contributed by atoms with Crippen LogP contribution in [0, 0.1) is 6.92 Å². The summed E-state index contributed by atoms with van der Waals surface area (Å²) in [5.74, 6) is 0.419. The predicted molar refractivity (Wildman–Crippen MR) is 87.3 cm³/mol. The van der Waals surface area contributed by atoms with E-state index in [2.05, 4.69) is 17.4 Å². The second kappa shape index (κ2) is 6.41. The second-order valence-corrected chi connectivity index (χ2v) is 5.99. The molecule has 0 saturated carbocycles. The van der Waals surface area contributed by atoms with Crippen LogP contribution in [0.3, 0.4) is 0 Å². The summed E-state index contributed by atoms with van der Waals surface area (Å²) >= 11 is 6.06. The monoisotopic (exact) mass is 315 g/mol. The van der Waals surface area contributed by atoms with E-state index in [0.29, 0.717) is 10.8 Å². The molecule has 0 spiro atoms. The van der Waals surface area contributed by atoms with Gasteiger partial charge in [0.15, 0.2) is 6.61 Å². The van der Waals surface area contributed by atoms with Crippen molar-refractivity contribution in [2.45, 2.75) is 25.8 Å². The minimum absolute atomic E-state index is 0.0260. The van der Waals surface area contributed by atoms with E-state index >= 15 is 0 Å². The summed E-state index contributed by atoms with van der Waals surface area (Å²) in [5, 5.41) is 3.55. The minimum atomic E-state index is -0.126. The molecule has 4 heteroatoms. The molecule has 114 valence electrons. The number of amides is 1. The number of carbonyl (C=O) groups excluding carboxylic acids is 1. The quantitative estimate of drug-likeness (QED) is 0.931. The van der Waals surface area contributed by atoms with Gasteiger partial charge < -0.3 is 10.1 Å². The number of hydrogen-bond acceptors (Lipinski definition) is 2. The number of hydrogen-bond donors (Lipinski definition) is 1. The fourth-order valence-electron chi connectivity index (χ4n) is 2.81. The Morgan fingerprint density at radius 1 is 1.32 bits per heavy atom. The largest absolute Gasteiger partial charge is 0.482 e. The molecule has 0 fully saturated rings. The molecule has 3 nitrogen and oxygen atoms in total. The van der Waals surface area contributed by atoms with Crippen LogP contribution < -0.4 is 10.1 Å². The van der Waals surface area contributed by atoms with Gasteiger partial charge in [-0.3, -0.25) is 4.79 Å². The van der Waals surface area contributed by atoms with Crippen LogP contribution in [0.5, 0.6) is 5.75 Å². The maximum Gasteiger partial charge on any atom is 0.258 e. The van der Waals surface area contributed by atoms with Gasteiger partial charge in [-0.2, -0.15) is 0 Å². The van der Waals surface area contributed by atoms with Crippen molar-refractivity contribution in [1.29, 1.82) is 0 Å². The third kappa shape index (κ3) is 3.25. The maximum atomic E-state index is 12.1. The van der Waals surface area contributed by atoms with E-state index in [9.17, 15) is 4.79 Å². The van der Waals surface area contributed by atoms with Gasteiger partial charge in [-0.15, -0.1) is 0 Å². The third-order valence-corrected chi connectivity index (χ3v) is 4.23. The number of benzene rings is 2. The van der Waals surface area contributed by atoms with Crippen LogP contribution in [-0.2, 0) is 11.2 Å². The highest BCUT2D eigenvalue weighted by molar-refractivity contribution is 6.32. The molecule has 0 saturated heterocycles. The molecule has 1 N–H and O–H groups in total. The lowest BCUT2D eigenvalue weighted by molar-refractivity contribution is -0.123. The van der Waals surface area contributed by atoms with Crippen molar-refractivity contribution in [1.82, 2.24) is 5.32 Å². The summed E-state index contributed by atoms with van der Waals surface area (Å²) in [4.78, 5) is 12.1. The molecule has 0 aromatic heterocycles. The first-order valence-electron chi connectivity index (χ1n) is 7.39. The summed E-state index contributed by atoms with van der Waals surface area (Å²) in [7, 11) is 0. The standard InChI is InChI=1S/C18H18ClNO2/c1-12-6-8-15(19)17(10-12)22-11-18(21)20-16-9-7-13-4-2-3-5-14(13)16/h2-6,8,10,16H,7,9,11H2,1H3,(H,20,21). The average Bonchev–Trinajstić information content (AvgIpc) is 2.91. The minimum Gasteiger partial charge on any atom is -0.482 e. The maximum absolute atomic E-state index is 12.1. The number of halogens is 1. The van der Waals surface area contributed by atoms with Crippen molar-refractivity contribution >= 4 is 17.5 Å². The Hall–Kier alpha value is -2.00. The van der Waals surface area contributed by atoms with Crippen molar-refractivity contribution in [2.24, 2.45) is 0 Å². The number of carbonyl (C=O) groups is 1. The van der Waals surface area contributed by atoms with Crippen LogP contribution >= 0.6 is 11.6 Å². The van der Waals surface area contributed by atoms with Gasteiger partial charge in [0, 0.05) is 0 Å². The molecule has 3 rings (SSSR count). The summed E-state index contributed by atoms with van der Waals surface area (Å²) in [6.45, 7) is 1.93. The van der Waals surface area contributed by atoms with E-state index in [1.54, 1.807) is 6.07 Å². The smallest absolute Gasteiger partial charge is 0.258 e. The van der Waals surface area contributed by atoms with E-state index in [1.807, 2.05) is 31.2 Å². The Bertz CT molecular complexity index is 699. The fraction of sp³-hybridized carbons (Fsp3) is 0.278. The van der Waals surface area contributed by atoms with Crippen molar-refractivity contribution < 1.29 is 9.53 Å². The van der Waals surface area contributed by atoms with Crippen LogP contribution in [0.2, 0.25) is 5.02 Å². The van der Waals surface area contributed by atoms with Crippen molar-refractivity contribution in [2.75, 3.05) is 6.61 Å². The molecular weight excluding hydrogens is 298 g/mol. The summed E-state index contributed by atoms with van der Waals surface area (Å²) in [5.41, 5.74) is 3.57. The molecule has 0 heterocycles. The first-order valence-corrected chi connectivity index (χ1v) is 7.77. The molecular formula is C18H18ClNO2. The van der Waals surface area contributed by atoms with Gasteiger partial charge >= 0.3 is 0 Å². The normalized spacial score (nSPS) is 16.2. The van der Waals surface area contributed by atoms with Crippen molar-refractivity contribution in [3.8, 4) is 5.75 Å². The van der Waals surface area contributed by atoms with Gasteiger partial charge in [0.05, 0.1) is 11.1 Å². The van der Waals surface area contributed by atoms with Crippen molar-refractivity contribution in [3.05, 3.63) is 64.2 Å².